The van der Waals surface area contributed by atoms with Gasteiger partial charge < -0.3 is 22.4 Å². The number of ether oxygens (including phenoxy) is 2. The SMILES string of the molecule is CO[C@@H]1CO[C@@H]2CO[Si](C(C)C)(C(C)C)O[Si](C(C)C)(C(C)C)O[C@@H]12. The van der Waals surface area contributed by atoms with E-state index in [1.165, 1.54) is 0 Å². The van der Waals surface area contributed by atoms with E-state index in [9.17, 15) is 0 Å². The van der Waals surface area contributed by atoms with Gasteiger partial charge in [-0.2, -0.15) is 0 Å². The van der Waals surface area contributed by atoms with Gasteiger partial charge in [-0.25, -0.2) is 0 Å². The average molecular weight is 391 g/mol. The molecule has 0 aliphatic carbocycles. The molecule has 7 heteroatoms. The van der Waals surface area contributed by atoms with Gasteiger partial charge in [0.2, 0.25) is 0 Å². The number of fused-ring (bicyclic) bond motifs is 1. The van der Waals surface area contributed by atoms with Crippen molar-refractivity contribution in [2.24, 2.45) is 0 Å². The summed E-state index contributed by atoms with van der Waals surface area (Å²) in [6.45, 7) is 19.0. The number of rotatable bonds is 5. The maximum absolute atomic E-state index is 7.14. The van der Waals surface area contributed by atoms with Crippen LogP contribution in [-0.2, 0) is 22.4 Å². The number of hydrogen-bond acceptors (Lipinski definition) is 5. The Bertz CT molecular complexity index is 425. The highest BCUT2D eigenvalue weighted by molar-refractivity contribution is 6.83. The summed E-state index contributed by atoms with van der Waals surface area (Å²) in [7, 11) is -3.27. The van der Waals surface area contributed by atoms with Gasteiger partial charge in [0.05, 0.1) is 13.2 Å². The van der Waals surface area contributed by atoms with Crippen molar-refractivity contribution in [3.05, 3.63) is 0 Å². The lowest BCUT2D eigenvalue weighted by Gasteiger charge is -2.51. The Labute approximate surface area is 156 Å². The topological polar surface area (TPSA) is 46.2 Å². The van der Waals surface area contributed by atoms with E-state index in [2.05, 4.69) is 55.4 Å². The van der Waals surface area contributed by atoms with Crippen LogP contribution in [0.5, 0.6) is 0 Å². The summed E-state index contributed by atoms with van der Waals surface area (Å²) in [5, 5.41) is 0. The van der Waals surface area contributed by atoms with Gasteiger partial charge in [-0.1, -0.05) is 55.4 Å². The molecule has 0 radical (unpaired) electrons. The quantitative estimate of drug-likeness (QED) is 0.653. The average Bonchev–Trinajstić information content (AvgIpc) is 2.87. The highest BCUT2D eigenvalue weighted by Crippen LogP contribution is 2.47. The standard InChI is InChI=1S/C18H38O5Si2/c1-12(2)24(13(3)4)21-11-17-18(16(19-9)10-20-17)22-25(23-24,14(5)6)15(7)8/h12-18H,10-11H2,1-9H3/t16-,17-,18+/m1/s1. The molecule has 3 atom stereocenters. The van der Waals surface area contributed by atoms with Gasteiger partial charge in [0.15, 0.2) is 0 Å². The van der Waals surface area contributed by atoms with Crippen LogP contribution in [0.15, 0.2) is 0 Å². The molecule has 2 fully saturated rings. The Kier molecular flexibility index (Phi) is 6.96. The molecule has 5 nitrogen and oxygen atoms in total. The third-order valence-electron chi connectivity index (χ3n) is 5.84. The lowest BCUT2D eigenvalue weighted by atomic mass is 10.1. The molecule has 2 saturated heterocycles. The lowest BCUT2D eigenvalue weighted by molar-refractivity contribution is -0.0361. The van der Waals surface area contributed by atoms with Crippen LogP contribution in [0.1, 0.15) is 55.4 Å². The monoisotopic (exact) mass is 390 g/mol. The predicted molar refractivity (Wildman–Crippen MR) is 104 cm³/mol. The first kappa shape index (κ1) is 21.5. The molecule has 0 saturated carbocycles. The van der Waals surface area contributed by atoms with Crippen LogP contribution in [0, 0.1) is 0 Å². The fourth-order valence-corrected chi connectivity index (χ4v) is 15.5. The first-order valence-corrected chi connectivity index (χ1v) is 13.7. The summed E-state index contributed by atoms with van der Waals surface area (Å²) in [5.41, 5.74) is 1.38. The third kappa shape index (κ3) is 3.79. The zero-order valence-corrected chi connectivity index (χ0v) is 19.5. The number of hydrogen-bond donors (Lipinski definition) is 0. The highest BCUT2D eigenvalue weighted by atomic mass is 28.5. The molecule has 148 valence electrons. The molecular weight excluding hydrogens is 352 g/mol. The largest absolute Gasteiger partial charge is 0.414 e. The van der Waals surface area contributed by atoms with Crippen LogP contribution in [0.3, 0.4) is 0 Å². The van der Waals surface area contributed by atoms with Gasteiger partial charge in [-0.05, 0) is 22.2 Å². The Morgan fingerprint density at radius 2 is 1.32 bits per heavy atom. The summed E-state index contributed by atoms with van der Waals surface area (Å²) >= 11 is 0. The summed E-state index contributed by atoms with van der Waals surface area (Å²) in [4.78, 5) is 0. The Morgan fingerprint density at radius 1 is 0.800 bits per heavy atom. The number of methoxy groups -OCH3 is 1. The minimum absolute atomic E-state index is 0.0474. The van der Waals surface area contributed by atoms with Crippen LogP contribution < -0.4 is 0 Å². The van der Waals surface area contributed by atoms with E-state index in [1.54, 1.807) is 7.11 Å². The van der Waals surface area contributed by atoms with E-state index in [0.717, 1.165) is 0 Å². The minimum atomic E-state index is -2.55. The maximum atomic E-state index is 7.14. The Hall–Kier alpha value is 0.234. The van der Waals surface area contributed by atoms with Gasteiger partial charge in [-0.15, -0.1) is 0 Å². The van der Waals surface area contributed by atoms with Crippen molar-refractivity contribution in [2.45, 2.75) is 95.9 Å². The van der Waals surface area contributed by atoms with Crippen LogP contribution in [-0.4, -0.2) is 55.8 Å². The zero-order valence-electron chi connectivity index (χ0n) is 17.5. The fraction of sp³-hybridized carbons (Fsp3) is 1.00. The Balaban J connectivity index is 2.51. The molecule has 2 aliphatic heterocycles. The first-order valence-electron chi connectivity index (χ1n) is 9.77. The van der Waals surface area contributed by atoms with Crippen LogP contribution in [0.2, 0.25) is 22.2 Å². The van der Waals surface area contributed by atoms with E-state index < -0.39 is 17.1 Å². The molecular formula is C18H38O5Si2. The molecule has 2 rings (SSSR count). The molecule has 0 N–H and O–H groups in total. The summed E-state index contributed by atoms with van der Waals surface area (Å²) in [6, 6.07) is 0. The maximum Gasteiger partial charge on any atom is 0.335 e. The molecule has 0 aromatic rings. The van der Waals surface area contributed by atoms with Crippen LogP contribution >= 0.6 is 0 Å². The van der Waals surface area contributed by atoms with Crippen molar-refractivity contribution in [3.8, 4) is 0 Å². The summed E-state index contributed by atoms with van der Waals surface area (Å²) in [5.74, 6) is 0. The second kappa shape index (κ2) is 8.08. The van der Waals surface area contributed by atoms with Crippen molar-refractivity contribution in [2.75, 3.05) is 20.3 Å². The first-order chi connectivity index (χ1) is 11.6. The molecule has 0 aromatic carbocycles. The molecule has 0 aromatic heterocycles. The normalized spacial score (nSPS) is 32.3. The smallest absolute Gasteiger partial charge is 0.335 e. The fourth-order valence-electron chi connectivity index (χ4n) is 4.28. The van der Waals surface area contributed by atoms with E-state index in [4.69, 9.17) is 22.4 Å². The second-order valence-corrected chi connectivity index (χ2v) is 17.5. The molecule has 0 amide bonds. The van der Waals surface area contributed by atoms with E-state index >= 15 is 0 Å². The van der Waals surface area contributed by atoms with Crippen molar-refractivity contribution in [3.63, 3.8) is 0 Å². The highest BCUT2D eigenvalue weighted by Gasteiger charge is 2.60. The van der Waals surface area contributed by atoms with Crippen molar-refractivity contribution in [1.82, 2.24) is 0 Å². The molecule has 25 heavy (non-hydrogen) atoms. The lowest BCUT2D eigenvalue weighted by Crippen LogP contribution is -2.65. The van der Waals surface area contributed by atoms with Crippen molar-refractivity contribution < 1.29 is 22.4 Å². The second-order valence-electron chi connectivity index (χ2n) is 8.70. The molecule has 0 spiro atoms. The third-order valence-corrected chi connectivity index (χ3v) is 16.1. The summed E-state index contributed by atoms with van der Waals surface area (Å²) in [6.07, 6.45) is -0.218. The molecule has 0 unspecified atom stereocenters. The summed E-state index contributed by atoms with van der Waals surface area (Å²) < 4.78 is 32.4. The van der Waals surface area contributed by atoms with Gasteiger partial charge >= 0.3 is 17.1 Å². The minimum Gasteiger partial charge on any atom is -0.414 e. The molecule has 2 heterocycles. The van der Waals surface area contributed by atoms with Crippen LogP contribution in [0.4, 0.5) is 0 Å². The van der Waals surface area contributed by atoms with Crippen molar-refractivity contribution in [1.29, 1.82) is 0 Å². The molecule has 2 aliphatic rings. The van der Waals surface area contributed by atoms with E-state index in [-0.39, 0.29) is 18.3 Å². The van der Waals surface area contributed by atoms with E-state index in [1.807, 2.05) is 0 Å². The van der Waals surface area contributed by atoms with E-state index in [0.29, 0.717) is 35.4 Å². The molecule has 0 bridgehead atoms. The predicted octanol–water partition coefficient (Wildman–Crippen LogP) is 4.36. The van der Waals surface area contributed by atoms with Gasteiger partial charge in [0.25, 0.3) is 0 Å². The zero-order chi connectivity index (χ0) is 19.0. The Morgan fingerprint density at radius 3 is 1.76 bits per heavy atom. The van der Waals surface area contributed by atoms with Crippen molar-refractivity contribution >= 4 is 17.1 Å². The van der Waals surface area contributed by atoms with Gasteiger partial charge in [0, 0.05) is 7.11 Å². The van der Waals surface area contributed by atoms with Gasteiger partial charge in [-0.3, -0.25) is 0 Å². The van der Waals surface area contributed by atoms with Crippen LogP contribution in [0.25, 0.3) is 0 Å². The van der Waals surface area contributed by atoms with Gasteiger partial charge in [0.1, 0.15) is 18.3 Å².